The number of fused-ring (bicyclic) bond motifs is 1. The minimum absolute atomic E-state index is 0.116. The lowest BCUT2D eigenvalue weighted by molar-refractivity contribution is 0.0692. The summed E-state index contributed by atoms with van der Waals surface area (Å²) in [5.41, 5.74) is 5.70. The van der Waals surface area contributed by atoms with Gasteiger partial charge in [-0.3, -0.25) is 4.99 Å². The molecule has 4 nitrogen and oxygen atoms in total. The second kappa shape index (κ2) is 7.64. The standard InChI is InChI=1S/C26H24N2O2/c1-26(2,3)19-11-9-17(10-12-19)16-27-20-13-14-22-21(15-20)23(24(28-22)25(29)30)18-7-5-4-6-8-18/h4-16,28H,1-3H3,(H,29,30). The molecule has 0 bridgehead atoms. The van der Waals surface area contributed by atoms with E-state index in [2.05, 4.69) is 55.0 Å². The Balaban J connectivity index is 1.73. The molecule has 0 spiro atoms. The molecule has 0 aliphatic carbocycles. The zero-order valence-electron chi connectivity index (χ0n) is 17.3. The highest BCUT2D eigenvalue weighted by Crippen LogP contribution is 2.34. The van der Waals surface area contributed by atoms with Crippen LogP contribution in [-0.4, -0.2) is 22.3 Å². The van der Waals surface area contributed by atoms with E-state index in [1.807, 2.05) is 54.7 Å². The van der Waals surface area contributed by atoms with Gasteiger partial charge in [-0.2, -0.15) is 0 Å². The van der Waals surface area contributed by atoms with Crippen LogP contribution in [0.5, 0.6) is 0 Å². The molecule has 0 saturated carbocycles. The van der Waals surface area contributed by atoms with Crippen LogP contribution in [0.1, 0.15) is 42.4 Å². The van der Waals surface area contributed by atoms with E-state index in [0.29, 0.717) is 5.56 Å². The van der Waals surface area contributed by atoms with Crippen LogP contribution in [0.3, 0.4) is 0 Å². The number of hydrogen-bond acceptors (Lipinski definition) is 2. The topological polar surface area (TPSA) is 65.5 Å². The highest BCUT2D eigenvalue weighted by atomic mass is 16.4. The maximum atomic E-state index is 11.8. The van der Waals surface area contributed by atoms with Crippen LogP contribution >= 0.6 is 0 Å². The fourth-order valence-electron chi connectivity index (χ4n) is 3.54. The number of H-pyrrole nitrogens is 1. The predicted molar refractivity (Wildman–Crippen MR) is 123 cm³/mol. The van der Waals surface area contributed by atoms with Gasteiger partial charge in [0.1, 0.15) is 5.69 Å². The fraction of sp³-hybridized carbons (Fsp3) is 0.154. The molecule has 1 aromatic heterocycles. The van der Waals surface area contributed by atoms with Gasteiger partial charge in [-0.25, -0.2) is 4.79 Å². The quantitative estimate of drug-likeness (QED) is 0.383. The molecule has 4 rings (SSSR count). The number of rotatable bonds is 4. The zero-order valence-corrected chi connectivity index (χ0v) is 17.3. The molecule has 0 aliphatic rings. The van der Waals surface area contributed by atoms with E-state index < -0.39 is 5.97 Å². The minimum Gasteiger partial charge on any atom is -0.477 e. The molecule has 4 aromatic rings. The van der Waals surface area contributed by atoms with Crippen molar-refractivity contribution in [3.05, 3.63) is 89.6 Å². The Morgan fingerprint density at radius 1 is 0.967 bits per heavy atom. The number of benzene rings is 3. The Labute approximate surface area is 175 Å². The smallest absolute Gasteiger partial charge is 0.352 e. The molecule has 0 fully saturated rings. The lowest BCUT2D eigenvalue weighted by atomic mass is 9.87. The third-order valence-corrected chi connectivity index (χ3v) is 5.20. The van der Waals surface area contributed by atoms with Crippen molar-refractivity contribution in [1.29, 1.82) is 0 Å². The summed E-state index contributed by atoms with van der Waals surface area (Å²) >= 11 is 0. The van der Waals surface area contributed by atoms with Crippen LogP contribution in [-0.2, 0) is 5.41 Å². The van der Waals surface area contributed by atoms with Gasteiger partial charge in [0.05, 0.1) is 5.69 Å². The van der Waals surface area contributed by atoms with Crippen LogP contribution in [0, 0.1) is 0 Å². The Morgan fingerprint density at radius 2 is 1.67 bits per heavy atom. The molecule has 0 amide bonds. The summed E-state index contributed by atoms with van der Waals surface area (Å²) in [6.07, 6.45) is 1.83. The maximum Gasteiger partial charge on any atom is 0.352 e. The van der Waals surface area contributed by atoms with E-state index in [9.17, 15) is 9.90 Å². The number of aromatic amines is 1. The Morgan fingerprint density at radius 3 is 2.30 bits per heavy atom. The molecule has 0 unspecified atom stereocenters. The van der Waals surface area contributed by atoms with Crippen molar-refractivity contribution in [1.82, 2.24) is 4.98 Å². The van der Waals surface area contributed by atoms with Gasteiger partial charge in [-0.1, -0.05) is 75.4 Å². The molecule has 0 aliphatic heterocycles. The molecule has 1 heterocycles. The van der Waals surface area contributed by atoms with E-state index in [1.165, 1.54) is 5.56 Å². The van der Waals surface area contributed by atoms with Crippen molar-refractivity contribution in [2.75, 3.05) is 0 Å². The number of carboxylic acids is 1. The first-order valence-electron chi connectivity index (χ1n) is 9.92. The van der Waals surface area contributed by atoms with Gasteiger partial charge in [0, 0.05) is 22.7 Å². The Hall–Kier alpha value is -3.66. The lowest BCUT2D eigenvalue weighted by Gasteiger charge is -2.18. The maximum absolute atomic E-state index is 11.8. The molecule has 30 heavy (non-hydrogen) atoms. The average molecular weight is 396 g/mol. The number of nitrogens with one attached hydrogen (secondary N) is 1. The highest BCUT2D eigenvalue weighted by Gasteiger charge is 2.18. The molecule has 4 heteroatoms. The summed E-state index contributed by atoms with van der Waals surface area (Å²) in [4.78, 5) is 19.5. The number of carboxylic acid groups (broad SMARTS) is 1. The van der Waals surface area contributed by atoms with Crippen LogP contribution < -0.4 is 0 Å². The summed E-state index contributed by atoms with van der Waals surface area (Å²) in [6.45, 7) is 6.58. The van der Waals surface area contributed by atoms with Crippen molar-refractivity contribution in [2.24, 2.45) is 4.99 Å². The van der Waals surface area contributed by atoms with Gasteiger partial charge in [0.25, 0.3) is 0 Å². The van der Waals surface area contributed by atoms with E-state index >= 15 is 0 Å². The number of carbonyl (C=O) groups is 1. The molecule has 0 atom stereocenters. The van der Waals surface area contributed by atoms with Crippen molar-refractivity contribution < 1.29 is 9.90 Å². The first-order chi connectivity index (χ1) is 14.3. The molecule has 0 saturated heterocycles. The van der Waals surface area contributed by atoms with Gasteiger partial charge >= 0.3 is 5.97 Å². The minimum atomic E-state index is -0.978. The molecule has 0 radical (unpaired) electrons. The molecular formula is C26H24N2O2. The van der Waals surface area contributed by atoms with Crippen LogP contribution in [0.2, 0.25) is 0 Å². The summed E-state index contributed by atoms with van der Waals surface area (Å²) in [6, 6.07) is 23.7. The molecular weight excluding hydrogens is 372 g/mol. The third kappa shape index (κ3) is 3.90. The summed E-state index contributed by atoms with van der Waals surface area (Å²) < 4.78 is 0. The summed E-state index contributed by atoms with van der Waals surface area (Å²) in [5.74, 6) is -0.978. The van der Waals surface area contributed by atoms with Crippen LogP contribution in [0.15, 0.2) is 77.8 Å². The molecule has 150 valence electrons. The lowest BCUT2D eigenvalue weighted by Crippen LogP contribution is -2.10. The van der Waals surface area contributed by atoms with Crippen molar-refractivity contribution in [3.63, 3.8) is 0 Å². The predicted octanol–water partition coefficient (Wildman–Crippen LogP) is 6.58. The zero-order chi connectivity index (χ0) is 21.3. The Bertz CT molecular complexity index is 1230. The Kier molecular flexibility index (Phi) is 5.00. The second-order valence-electron chi connectivity index (χ2n) is 8.41. The third-order valence-electron chi connectivity index (χ3n) is 5.20. The van der Waals surface area contributed by atoms with Gasteiger partial charge in [0.15, 0.2) is 0 Å². The van der Waals surface area contributed by atoms with E-state index in [-0.39, 0.29) is 11.1 Å². The number of aromatic carboxylic acids is 1. The van der Waals surface area contributed by atoms with E-state index in [4.69, 9.17) is 0 Å². The normalized spacial score (nSPS) is 12.0. The largest absolute Gasteiger partial charge is 0.477 e. The number of hydrogen-bond donors (Lipinski definition) is 2. The van der Waals surface area contributed by atoms with E-state index in [0.717, 1.165) is 27.7 Å². The first-order valence-corrected chi connectivity index (χ1v) is 9.92. The molecule has 2 N–H and O–H groups in total. The van der Waals surface area contributed by atoms with Crippen molar-refractivity contribution in [2.45, 2.75) is 26.2 Å². The number of nitrogens with zero attached hydrogens (tertiary/aromatic N) is 1. The van der Waals surface area contributed by atoms with Gasteiger partial charge < -0.3 is 10.1 Å². The number of aliphatic imine (C=N–C) groups is 1. The van der Waals surface area contributed by atoms with Crippen molar-refractivity contribution in [3.8, 4) is 11.1 Å². The van der Waals surface area contributed by atoms with Gasteiger partial charge in [-0.05, 0) is 40.3 Å². The fourth-order valence-corrected chi connectivity index (χ4v) is 3.54. The highest BCUT2D eigenvalue weighted by molar-refractivity contribution is 6.08. The average Bonchev–Trinajstić information content (AvgIpc) is 3.12. The SMILES string of the molecule is CC(C)(C)c1ccc(C=Nc2ccc3[nH]c(C(=O)O)c(-c4ccccc4)c3c2)cc1. The monoisotopic (exact) mass is 396 g/mol. The summed E-state index contributed by atoms with van der Waals surface area (Å²) in [7, 11) is 0. The number of aromatic nitrogens is 1. The summed E-state index contributed by atoms with van der Waals surface area (Å²) in [5, 5.41) is 10.5. The van der Waals surface area contributed by atoms with E-state index in [1.54, 1.807) is 0 Å². The van der Waals surface area contributed by atoms with Crippen LogP contribution in [0.25, 0.3) is 22.0 Å². The van der Waals surface area contributed by atoms with Gasteiger partial charge in [-0.15, -0.1) is 0 Å². The van der Waals surface area contributed by atoms with Crippen LogP contribution in [0.4, 0.5) is 5.69 Å². The first kappa shape index (κ1) is 19.6. The second-order valence-corrected chi connectivity index (χ2v) is 8.41. The van der Waals surface area contributed by atoms with Gasteiger partial charge in [0.2, 0.25) is 0 Å². The van der Waals surface area contributed by atoms with Crippen molar-refractivity contribution >= 4 is 28.8 Å². The molecule has 3 aromatic carbocycles.